The number of benzene rings is 1. The molecule has 3 atom stereocenters. The fourth-order valence-electron chi connectivity index (χ4n) is 2.97. The molecule has 1 aliphatic rings. The molecule has 1 saturated heterocycles. The summed E-state index contributed by atoms with van der Waals surface area (Å²) >= 11 is 0. The van der Waals surface area contributed by atoms with E-state index in [0.29, 0.717) is 11.8 Å². The van der Waals surface area contributed by atoms with Crippen LogP contribution in [0.3, 0.4) is 0 Å². The first kappa shape index (κ1) is 13.8. The maximum atomic E-state index is 12.1. The van der Waals surface area contributed by atoms with Gasteiger partial charge in [0, 0.05) is 39.3 Å². The molecule has 2 heterocycles. The van der Waals surface area contributed by atoms with Gasteiger partial charge in [-0.1, -0.05) is 25.1 Å². The zero-order valence-corrected chi connectivity index (χ0v) is 12.8. The summed E-state index contributed by atoms with van der Waals surface area (Å²) in [5.41, 5.74) is 2.19. The SMILES string of the molecule is CCc1c(C2CS(=O)CCC(C)N2)oc2ccccc12. The summed E-state index contributed by atoms with van der Waals surface area (Å²) in [5.74, 6) is 2.42. The second-order valence-electron chi connectivity index (χ2n) is 5.51. The van der Waals surface area contributed by atoms with Crippen LogP contribution in [0, 0.1) is 0 Å². The van der Waals surface area contributed by atoms with Gasteiger partial charge in [0.2, 0.25) is 0 Å². The van der Waals surface area contributed by atoms with Gasteiger partial charge in [0.25, 0.3) is 0 Å². The van der Waals surface area contributed by atoms with Crippen LogP contribution in [0.2, 0.25) is 0 Å². The van der Waals surface area contributed by atoms with Crippen molar-refractivity contribution in [2.45, 2.75) is 38.8 Å². The molecule has 0 radical (unpaired) electrons. The Morgan fingerprint density at radius 2 is 2.20 bits per heavy atom. The Hall–Kier alpha value is -1.13. The van der Waals surface area contributed by atoms with Crippen molar-refractivity contribution in [3.8, 4) is 0 Å². The van der Waals surface area contributed by atoms with Gasteiger partial charge in [-0.15, -0.1) is 0 Å². The molecule has 0 saturated carbocycles. The molecule has 1 N–H and O–H groups in total. The number of hydrogen-bond acceptors (Lipinski definition) is 3. The van der Waals surface area contributed by atoms with Crippen molar-refractivity contribution in [2.75, 3.05) is 11.5 Å². The molecule has 0 amide bonds. The Labute approximate surface area is 122 Å². The average Bonchev–Trinajstić information content (AvgIpc) is 2.74. The van der Waals surface area contributed by atoms with E-state index in [9.17, 15) is 4.21 Å². The minimum atomic E-state index is -0.763. The van der Waals surface area contributed by atoms with E-state index in [0.717, 1.165) is 29.9 Å². The molecule has 3 nitrogen and oxygen atoms in total. The van der Waals surface area contributed by atoms with E-state index in [-0.39, 0.29) is 6.04 Å². The smallest absolute Gasteiger partial charge is 0.134 e. The minimum absolute atomic E-state index is 0.0654. The molecule has 108 valence electrons. The lowest BCUT2D eigenvalue weighted by Gasteiger charge is -2.18. The summed E-state index contributed by atoms with van der Waals surface area (Å²) in [5, 5.41) is 4.76. The quantitative estimate of drug-likeness (QED) is 0.924. The molecule has 0 aliphatic carbocycles. The largest absolute Gasteiger partial charge is 0.459 e. The third-order valence-electron chi connectivity index (χ3n) is 4.02. The van der Waals surface area contributed by atoms with Crippen molar-refractivity contribution in [1.82, 2.24) is 5.32 Å². The van der Waals surface area contributed by atoms with Crippen molar-refractivity contribution >= 4 is 21.8 Å². The maximum absolute atomic E-state index is 12.1. The van der Waals surface area contributed by atoms with Gasteiger partial charge in [0.1, 0.15) is 11.3 Å². The number of rotatable bonds is 2. The van der Waals surface area contributed by atoms with Crippen LogP contribution in [0.4, 0.5) is 0 Å². The van der Waals surface area contributed by atoms with Gasteiger partial charge in [-0.05, 0) is 25.8 Å². The van der Waals surface area contributed by atoms with E-state index in [1.54, 1.807) is 0 Å². The fraction of sp³-hybridized carbons (Fsp3) is 0.500. The molecule has 1 aliphatic heterocycles. The monoisotopic (exact) mass is 291 g/mol. The van der Waals surface area contributed by atoms with Crippen LogP contribution >= 0.6 is 0 Å². The van der Waals surface area contributed by atoms with E-state index < -0.39 is 10.8 Å². The molecular weight excluding hydrogens is 270 g/mol. The molecule has 4 heteroatoms. The number of nitrogens with one attached hydrogen (secondary N) is 1. The van der Waals surface area contributed by atoms with Crippen LogP contribution in [-0.2, 0) is 17.2 Å². The van der Waals surface area contributed by atoms with Gasteiger partial charge in [-0.2, -0.15) is 0 Å². The Balaban J connectivity index is 2.05. The summed E-state index contributed by atoms with van der Waals surface area (Å²) in [7, 11) is -0.763. The van der Waals surface area contributed by atoms with Crippen molar-refractivity contribution in [3.63, 3.8) is 0 Å². The first-order valence-electron chi connectivity index (χ1n) is 7.30. The molecular formula is C16H21NO2S. The topological polar surface area (TPSA) is 42.2 Å². The summed E-state index contributed by atoms with van der Waals surface area (Å²) in [6, 6.07) is 8.60. The van der Waals surface area contributed by atoms with Crippen molar-refractivity contribution in [1.29, 1.82) is 0 Å². The zero-order chi connectivity index (χ0) is 14.1. The van der Waals surface area contributed by atoms with Crippen LogP contribution < -0.4 is 5.32 Å². The highest BCUT2D eigenvalue weighted by atomic mass is 32.2. The number of fused-ring (bicyclic) bond motifs is 1. The molecule has 0 spiro atoms. The predicted octanol–water partition coefficient (Wildman–Crippen LogP) is 3.17. The molecule has 0 bridgehead atoms. The van der Waals surface area contributed by atoms with Crippen LogP contribution in [0.1, 0.15) is 37.6 Å². The Morgan fingerprint density at radius 1 is 1.40 bits per heavy atom. The minimum Gasteiger partial charge on any atom is -0.459 e. The zero-order valence-electron chi connectivity index (χ0n) is 12.0. The predicted molar refractivity (Wildman–Crippen MR) is 83.4 cm³/mol. The number of hydrogen-bond donors (Lipinski definition) is 1. The lowest BCUT2D eigenvalue weighted by atomic mass is 10.0. The molecule has 3 unspecified atom stereocenters. The standard InChI is InChI=1S/C16H21NO2S/c1-3-12-13-6-4-5-7-15(13)19-16(12)14-10-20(18)9-8-11(2)17-14/h4-7,11,14,17H,3,8-10H2,1-2H3. The number of para-hydroxylation sites is 1. The highest BCUT2D eigenvalue weighted by molar-refractivity contribution is 7.85. The highest BCUT2D eigenvalue weighted by Gasteiger charge is 2.27. The average molecular weight is 291 g/mol. The van der Waals surface area contributed by atoms with Gasteiger partial charge < -0.3 is 9.73 Å². The first-order chi connectivity index (χ1) is 9.69. The van der Waals surface area contributed by atoms with Gasteiger partial charge in [0.15, 0.2) is 0 Å². The lowest BCUT2D eigenvalue weighted by Crippen LogP contribution is -2.30. The summed E-state index contributed by atoms with van der Waals surface area (Å²) in [6.07, 6.45) is 1.90. The summed E-state index contributed by atoms with van der Waals surface area (Å²) in [6.45, 7) is 4.31. The third kappa shape index (κ3) is 2.54. The second-order valence-corrected chi connectivity index (χ2v) is 7.14. The van der Waals surface area contributed by atoms with Gasteiger partial charge in [0.05, 0.1) is 6.04 Å². The summed E-state index contributed by atoms with van der Waals surface area (Å²) in [4.78, 5) is 0. The number of furan rings is 1. The van der Waals surface area contributed by atoms with E-state index in [4.69, 9.17) is 4.42 Å². The first-order valence-corrected chi connectivity index (χ1v) is 8.79. The van der Waals surface area contributed by atoms with Crippen LogP contribution in [0.25, 0.3) is 11.0 Å². The molecule has 2 aromatic rings. The van der Waals surface area contributed by atoms with E-state index in [2.05, 4.69) is 25.2 Å². The fourth-order valence-corrected chi connectivity index (χ4v) is 4.37. The van der Waals surface area contributed by atoms with Crippen molar-refractivity contribution in [3.05, 3.63) is 35.6 Å². The maximum Gasteiger partial charge on any atom is 0.134 e. The Kier molecular flexibility index (Phi) is 3.94. The van der Waals surface area contributed by atoms with Crippen molar-refractivity contribution < 1.29 is 8.63 Å². The van der Waals surface area contributed by atoms with Gasteiger partial charge >= 0.3 is 0 Å². The van der Waals surface area contributed by atoms with E-state index in [1.807, 2.05) is 18.2 Å². The normalized spacial score (nSPS) is 27.6. The van der Waals surface area contributed by atoms with Gasteiger partial charge in [-0.25, -0.2) is 0 Å². The third-order valence-corrected chi connectivity index (χ3v) is 5.41. The molecule has 1 aromatic heterocycles. The van der Waals surface area contributed by atoms with Crippen molar-refractivity contribution in [2.24, 2.45) is 0 Å². The molecule has 1 fully saturated rings. The molecule has 3 rings (SSSR count). The van der Waals surface area contributed by atoms with Gasteiger partial charge in [-0.3, -0.25) is 4.21 Å². The molecule has 20 heavy (non-hydrogen) atoms. The van der Waals surface area contributed by atoms with E-state index >= 15 is 0 Å². The van der Waals surface area contributed by atoms with Crippen LogP contribution in [-0.4, -0.2) is 21.8 Å². The van der Waals surface area contributed by atoms with Crippen LogP contribution in [0.5, 0.6) is 0 Å². The second kappa shape index (κ2) is 5.70. The Bertz CT molecular complexity index is 634. The number of aryl methyl sites for hydroxylation is 1. The Morgan fingerprint density at radius 3 is 3.00 bits per heavy atom. The van der Waals surface area contributed by atoms with Crippen LogP contribution in [0.15, 0.2) is 28.7 Å². The summed E-state index contributed by atoms with van der Waals surface area (Å²) < 4.78 is 18.1. The van der Waals surface area contributed by atoms with E-state index in [1.165, 1.54) is 10.9 Å². The molecule has 1 aromatic carbocycles. The highest BCUT2D eigenvalue weighted by Crippen LogP contribution is 2.32. The lowest BCUT2D eigenvalue weighted by molar-refractivity contribution is 0.413.